The molecule has 0 bridgehead atoms. The number of likely N-dealkylation sites (tertiary alicyclic amines) is 1. The molecule has 152 valence electrons. The predicted molar refractivity (Wildman–Crippen MR) is 115 cm³/mol. The third-order valence-electron chi connectivity index (χ3n) is 5.92. The van der Waals surface area contributed by atoms with Gasteiger partial charge in [0.1, 0.15) is 18.1 Å². The summed E-state index contributed by atoms with van der Waals surface area (Å²) in [5, 5.41) is 0. The lowest BCUT2D eigenvalue weighted by atomic mass is 10.0. The van der Waals surface area contributed by atoms with Gasteiger partial charge in [0.15, 0.2) is 0 Å². The second-order valence-corrected chi connectivity index (χ2v) is 7.68. The maximum Gasteiger partial charge on any atom is 0.243 e. The number of amides is 1. The van der Waals surface area contributed by atoms with Crippen molar-refractivity contribution in [2.75, 3.05) is 13.7 Å². The van der Waals surface area contributed by atoms with Crippen LogP contribution in [0.3, 0.4) is 0 Å². The highest BCUT2D eigenvalue weighted by Gasteiger charge is 2.27. The van der Waals surface area contributed by atoms with Crippen LogP contribution in [0.15, 0.2) is 48.5 Å². The van der Waals surface area contributed by atoms with E-state index in [1.54, 1.807) is 7.11 Å². The summed E-state index contributed by atoms with van der Waals surface area (Å²) in [7, 11) is 1.68. The first-order chi connectivity index (χ1) is 14.2. The Morgan fingerprint density at radius 3 is 2.66 bits per heavy atom. The number of para-hydroxylation sites is 2. The highest BCUT2D eigenvalue weighted by Crippen LogP contribution is 2.31. The molecule has 2 aromatic carbocycles. The topological polar surface area (TPSA) is 47.4 Å². The number of hydrogen-bond donors (Lipinski definition) is 0. The van der Waals surface area contributed by atoms with Crippen LogP contribution in [0.1, 0.15) is 50.0 Å². The first-order valence-electron chi connectivity index (χ1n) is 10.6. The maximum atomic E-state index is 13.5. The Labute approximate surface area is 172 Å². The summed E-state index contributed by atoms with van der Waals surface area (Å²) in [5.41, 5.74) is 3.18. The van der Waals surface area contributed by atoms with Crippen molar-refractivity contribution in [2.45, 2.75) is 51.6 Å². The zero-order valence-electron chi connectivity index (χ0n) is 17.3. The summed E-state index contributed by atoms with van der Waals surface area (Å²) in [5.74, 6) is 1.98. The summed E-state index contributed by atoms with van der Waals surface area (Å²) in [6.07, 6.45) is 5.19. The van der Waals surface area contributed by atoms with Gasteiger partial charge in [-0.3, -0.25) is 4.79 Å². The molecule has 1 aliphatic heterocycles. The fourth-order valence-corrected chi connectivity index (χ4v) is 4.38. The first-order valence-corrected chi connectivity index (χ1v) is 10.6. The summed E-state index contributed by atoms with van der Waals surface area (Å²) in [6, 6.07) is 16.4. The average Bonchev–Trinajstić information content (AvgIpc) is 2.94. The lowest BCUT2D eigenvalue weighted by Crippen LogP contribution is -2.37. The molecule has 0 saturated carbocycles. The van der Waals surface area contributed by atoms with Crippen LogP contribution in [-0.2, 0) is 17.8 Å². The number of methoxy groups -OCH3 is 1. The van der Waals surface area contributed by atoms with E-state index in [4.69, 9.17) is 9.72 Å². The Hall–Kier alpha value is -2.82. The Kier molecular flexibility index (Phi) is 5.84. The van der Waals surface area contributed by atoms with Crippen LogP contribution in [0.5, 0.6) is 5.75 Å². The maximum absolute atomic E-state index is 13.5. The number of imidazole rings is 1. The fraction of sp³-hybridized carbons (Fsp3) is 0.417. The summed E-state index contributed by atoms with van der Waals surface area (Å²) in [4.78, 5) is 20.3. The van der Waals surface area contributed by atoms with E-state index in [2.05, 4.69) is 34.6 Å². The van der Waals surface area contributed by atoms with Gasteiger partial charge in [-0.15, -0.1) is 0 Å². The lowest BCUT2D eigenvalue weighted by Gasteiger charge is -2.31. The Balaban J connectivity index is 1.63. The zero-order chi connectivity index (χ0) is 20.2. The van der Waals surface area contributed by atoms with Crippen LogP contribution >= 0.6 is 0 Å². The molecule has 1 unspecified atom stereocenters. The smallest absolute Gasteiger partial charge is 0.243 e. The molecule has 0 spiro atoms. The summed E-state index contributed by atoms with van der Waals surface area (Å²) < 4.78 is 7.39. The molecular weight excluding hydrogens is 362 g/mol. The van der Waals surface area contributed by atoms with Crippen molar-refractivity contribution in [2.24, 2.45) is 0 Å². The molecule has 5 heteroatoms. The molecule has 0 N–H and O–H groups in total. The van der Waals surface area contributed by atoms with Gasteiger partial charge >= 0.3 is 0 Å². The molecule has 1 fully saturated rings. The van der Waals surface area contributed by atoms with Crippen molar-refractivity contribution >= 4 is 16.9 Å². The van der Waals surface area contributed by atoms with Crippen LogP contribution in [0.4, 0.5) is 0 Å². The molecule has 1 saturated heterocycles. The minimum Gasteiger partial charge on any atom is -0.497 e. The van der Waals surface area contributed by atoms with E-state index in [0.29, 0.717) is 6.54 Å². The average molecular weight is 392 g/mol. The van der Waals surface area contributed by atoms with Crippen molar-refractivity contribution in [3.8, 4) is 5.75 Å². The molecule has 1 aromatic heterocycles. The number of fused-ring (bicyclic) bond motifs is 1. The van der Waals surface area contributed by atoms with Gasteiger partial charge in [0.05, 0.1) is 24.2 Å². The lowest BCUT2D eigenvalue weighted by molar-refractivity contribution is -0.134. The van der Waals surface area contributed by atoms with Gasteiger partial charge in [-0.25, -0.2) is 4.98 Å². The monoisotopic (exact) mass is 391 g/mol. The SMILES string of the molecule is CCc1nc2ccccc2n1CC(=O)N1CCCCCC1c1ccc(OC)cc1. The number of aromatic nitrogens is 2. The van der Waals surface area contributed by atoms with Crippen LogP contribution < -0.4 is 4.74 Å². The van der Waals surface area contributed by atoms with Gasteiger partial charge in [0, 0.05) is 13.0 Å². The van der Waals surface area contributed by atoms with Gasteiger partial charge in [0.25, 0.3) is 0 Å². The van der Waals surface area contributed by atoms with E-state index >= 15 is 0 Å². The molecule has 5 nitrogen and oxygen atoms in total. The van der Waals surface area contributed by atoms with Crippen LogP contribution in [-0.4, -0.2) is 34.0 Å². The summed E-state index contributed by atoms with van der Waals surface area (Å²) in [6.45, 7) is 3.24. The van der Waals surface area contributed by atoms with Gasteiger partial charge in [-0.05, 0) is 42.7 Å². The molecule has 4 rings (SSSR count). The second kappa shape index (κ2) is 8.68. The number of aryl methyl sites for hydroxylation is 1. The number of benzene rings is 2. The van der Waals surface area contributed by atoms with Gasteiger partial charge < -0.3 is 14.2 Å². The van der Waals surface area contributed by atoms with E-state index in [1.807, 2.05) is 30.3 Å². The Morgan fingerprint density at radius 2 is 1.90 bits per heavy atom. The van der Waals surface area contributed by atoms with Crippen molar-refractivity contribution in [1.82, 2.24) is 14.5 Å². The highest BCUT2D eigenvalue weighted by atomic mass is 16.5. The largest absolute Gasteiger partial charge is 0.497 e. The van der Waals surface area contributed by atoms with E-state index in [-0.39, 0.29) is 11.9 Å². The third-order valence-corrected chi connectivity index (χ3v) is 5.92. The highest BCUT2D eigenvalue weighted by molar-refractivity contribution is 5.81. The molecule has 0 radical (unpaired) electrons. The molecule has 1 amide bonds. The molecular formula is C24H29N3O2. The molecule has 0 aliphatic carbocycles. The number of hydrogen-bond acceptors (Lipinski definition) is 3. The molecule has 29 heavy (non-hydrogen) atoms. The van der Waals surface area contributed by atoms with Crippen molar-refractivity contribution in [3.63, 3.8) is 0 Å². The van der Waals surface area contributed by atoms with E-state index in [9.17, 15) is 4.79 Å². The van der Waals surface area contributed by atoms with Crippen LogP contribution in [0.2, 0.25) is 0 Å². The minimum absolute atomic E-state index is 0.121. The zero-order valence-corrected chi connectivity index (χ0v) is 17.3. The number of ether oxygens (including phenoxy) is 1. The first kappa shape index (κ1) is 19.5. The van der Waals surface area contributed by atoms with Gasteiger partial charge in [0.2, 0.25) is 5.91 Å². The quantitative estimate of drug-likeness (QED) is 0.630. The van der Waals surface area contributed by atoms with Crippen molar-refractivity contribution < 1.29 is 9.53 Å². The number of carbonyl (C=O) groups is 1. The van der Waals surface area contributed by atoms with Crippen LogP contribution in [0.25, 0.3) is 11.0 Å². The van der Waals surface area contributed by atoms with E-state index < -0.39 is 0 Å². The molecule has 3 aromatic rings. The summed E-state index contributed by atoms with van der Waals surface area (Å²) >= 11 is 0. The molecule has 2 heterocycles. The number of rotatable bonds is 5. The minimum atomic E-state index is 0.121. The number of carbonyl (C=O) groups excluding carboxylic acids is 1. The Bertz CT molecular complexity index is 977. The van der Waals surface area contributed by atoms with Gasteiger partial charge in [-0.1, -0.05) is 44.0 Å². The van der Waals surface area contributed by atoms with Gasteiger partial charge in [-0.2, -0.15) is 0 Å². The normalized spacial score (nSPS) is 17.3. The molecule has 1 aliphatic rings. The standard InChI is InChI=1S/C24H29N3O2/c1-3-23-25-20-9-6-7-11-22(20)27(23)17-24(28)26-16-8-4-5-10-21(26)18-12-14-19(29-2)15-13-18/h6-7,9,11-15,21H,3-5,8,10,16-17H2,1-2H3. The van der Waals surface area contributed by atoms with Crippen molar-refractivity contribution in [1.29, 1.82) is 0 Å². The van der Waals surface area contributed by atoms with Crippen molar-refractivity contribution in [3.05, 3.63) is 59.9 Å². The van der Waals surface area contributed by atoms with E-state index in [1.165, 1.54) is 12.0 Å². The number of nitrogens with zero attached hydrogens (tertiary/aromatic N) is 3. The predicted octanol–water partition coefficient (Wildman–Crippen LogP) is 4.75. The third kappa shape index (κ3) is 4.00. The van der Waals surface area contributed by atoms with Crippen LogP contribution in [0, 0.1) is 0 Å². The fourth-order valence-electron chi connectivity index (χ4n) is 4.38. The molecule has 1 atom stereocenters. The Morgan fingerprint density at radius 1 is 1.10 bits per heavy atom. The van der Waals surface area contributed by atoms with E-state index in [0.717, 1.165) is 54.8 Å². The second-order valence-electron chi connectivity index (χ2n) is 7.68.